The second kappa shape index (κ2) is 10.0. The molecule has 1 aliphatic rings. The van der Waals surface area contributed by atoms with Crippen LogP contribution < -0.4 is 10.1 Å². The van der Waals surface area contributed by atoms with Crippen LogP contribution in [0.1, 0.15) is 47.4 Å². The van der Waals surface area contributed by atoms with Crippen molar-refractivity contribution in [3.63, 3.8) is 0 Å². The Bertz CT molecular complexity index is 902. The van der Waals surface area contributed by atoms with E-state index in [-0.39, 0.29) is 11.9 Å². The van der Waals surface area contributed by atoms with Gasteiger partial charge in [-0.15, -0.1) is 0 Å². The maximum atomic E-state index is 12.4. The minimum Gasteiger partial charge on any atom is -0.491 e. The van der Waals surface area contributed by atoms with Gasteiger partial charge in [0.1, 0.15) is 12.4 Å². The summed E-state index contributed by atoms with van der Waals surface area (Å²) in [5.41, 5.74) is 1.08. The molecule has 0 aromatic heterocycles. The van der Waals surface area contributed by atoms with Crippen molar-refractivity contribution in [3.05, 3.63) is 59.7 Å². The quantitative estimate of drug-likeness (QED) is 0.527. The Kier molecular flexibility index (Phi) is 7.19. The molecular formula is C23H25NO6. The lowest BCUT2D eigenvalue weighted by Gasteiger charge is -2.15. The number of ether oxygens (including phenoxy) is 3. The van der Waals surface area contributed by atoms with Crippen molar-refractivity contribution in [1.29, 1.82) is 0 Å². The lowest BCUT2D eigenvalue weighted by Crippen LogP contribution is -2.30. The van der Waals surface area contributed by atoms with Gasteiger partial charge in [-0.25, -0.2) is 4.79 Å². The molecule has 0 aliphatic carbocycles. The number of para-hydroxylation sites is 1. The fourth-order valence-corrected chi connectivity index (χ4v) is 3.07. The normalized spacial score (nSPS) is 16.5. The van der Waals surface area contributed by atoms with Crippen LogP contribution in [0.25, 0.3) is 0 Å². The van der Waals surface area contributed by atoms with E-state index in [1.807, 2.05) is 0 Å². The lowest BCUT2D eigenvalue weighted by molar-refractivity contribution is -0.123. The van der Waals surface area contributed by atoms with Crippen molar-refractivity contribution in [2.45, 2.75) is 38.9 Å². The molecule has 0 bridgehead atoms. The van der Waals surface area contributed by atoms with Crippen molar-refractivity contribution in [2.24, 2.45) is 0 Å². The predicted octanol–water partition coefficient (Wildman–Crippen LogP) is 3.63. The molecule has 0 radical (unpaired) electrons. The van der Waals surface area contributed by atoms with Crippen molar-refractivity contribution in [1.82, 2.24) is 0 Å². The summed E-state index contributed by atoms with van der Waals surface area (Å²) in [5, 5.41) is 2.63. The Labute approximate surface area is 175 Å². The summed E-state index contributed by atoms with van der Waals surface area (Å²) < 4.78 is 16.4. The highest BCUT2D eigenvalue weighted by molar-refractivity contribution is 6.05. The minimum atomic E-state index is -1.03. The smallest absolute Gasteiger partial charge is 0.338 e. The molecule has 1 heterocycles. The molecule has 0 saturated carbocycles. The van der Waals surface area contributed by atoms with Crippen molar-refractivity contribution in [3.8, 4) is 5.75 Å². The third-order valence-corrected chi connectivity index (χ3v) is 4.77. The lowest BCUT2D eigenvalue weighted by atomic mass is 10.1. The highest BCUT2D eigenvalue weighted by atomic mass is 16.5. The Morgan fingerprint density at radius 1 is 1.13 bits per heavy atom. The van der Waals surface area contributed by atoms with Gasteiger partial charge in [0, 0.05) is 12.2 Å². The molecule has 7 heteroatoms. The van der Waals surface area contributed by atoms with Crippen LogP contribution >= 0.6 is 0 Å². The molecule has 2 atom stereocenters. The van der Waals surface area contributed by atoms with Gasteiger partial charge in [0.25, 0.3) is 5.91 Å². The van der Waals surface area contributed by atoms with E-state index in [1.54, 1.807) is 48.5 Å². The zero-order valence-corrected chi connectivity index (χ0v) is 17.1. The molecule has 2 aromatic rings. The number of esters is 1. The Balaban J connectivity index is 1.53. The van der Waals surface area contributed by atoms with Crippen molar-refractivity contribution < 1.29 is 28.6 Å². The first-order valence-electron chi connectivity index (χ1n) is 9.90. The molecule has 1 saturated heterocycles. The first kappa shape index (κ1) is 21.5. The number of ketones is 1. The van der Waals surface area contributed by atoms with Crippen LogP contribution in [0.2, 0.25) is 0 Å². The first-order chi connectivity index (χ1) is 14.4. The maximum absolute atomic E-state index is 12.4. The number of benzene rings is 2. The van der Waals surface area contributed by atoms with Crippen LogP contribution in [0, 0.1) is 0 Å². The van der Waals surface area contributed by atoms with Gasteiger partial charge in [-0.1, -0.05) is 12.1 Å². The van der Waals surface area contributed by atoms with E-state index >= 15 is 0 Å². The molecule has 1 amide bonds. The van der Waals surface area contributed by atoms with Crippen LogP contribution in [-0.4, -0.2) is 43.1 Å². The number of rotatable bonds is 8. The summed E-state index contributed by atoms with van der Waals surface area (Å²) in [6.07, 6.45) is 1.11. The number of Topliss-reactive ketones (excluding diaryl/α,β-unsaturated/α-hetero) is 1. The Morgan fingerprint density at radius 3 is 2.53 bits per heavy atom. The second-order valence-corrected chi connectivity index (χ2v) is 7.11. The van der Waals surface area contributed by atoms with Gasteiger partial charge in [-0.05, 0) is 63.1 Å². The zero-order chi connectivity index (χ0) is 21.5. The average Bonchev–Trinajstić information content (AvgIpc) is 3.26. The SMILES string of the molecule is CC(=O)c1ccccc1NC(=O)C(C)OC(=O)c1ccc(OCC2CCCO2)cc1. The molecule has 2 aromatic carbocycles. The van der Waals surface area contributed by atoms with Crippen molar-refractivity contribution >= 4 is 23.3 Å². The van der Waals surface area contributed by atoms with Gasteiger partial charge >= 0.3 is 5.97 Å². The number of nitrogens with one attached hydrogen (secondary N) is 1. The van der Waals surface area contributed by atoms with Crippen LogP contribution in [-0.2, 0) is 14.3 Å². The number of carbonyl (C=O) groups is 3. The van der Waals surface area contributed by atoms with E-state index in [9.17, 15) is 14.4 Å². The summed E-state index contributed by atoms with van der Waals surface area (Å²) in [6, 6.07) is 13.2. The third kappa shape index (κ3) is 5.67. The molecule has 30 heavy (non-hydrogen) atoms. The standard InChI is InChI=1S/C23H25NO6/c1-15(25)20-7-3-4-8-21(20)24-22(26)16(2)30-23(27)17-9-11-18(12-10-17)29-14-19-6-5-13-28-19/h3-4,7-12,16,19H,5-6,13-14H2,1-2H3,(H,24,26). The van der Waals surface area contributed by atoms with E-state index in [2.05, 4.69) is 5.32 Å². The fourth-order valence-electron chi connectivity index (χ4n) is 3.07. The van der Waals surface area contributed by atoms with E-state index in [4.69, 9.17) is 14.2 Å². The predicted molar refractivity (Wildman–Crippen MR) is 111 cm³/mol. The summed E-state index contributed by atoms with van der Waals surface area (Å²) in [7, 11) is 0. The topological polar surface area (TPSA) is 90.9 Å². The van der Waals surface area contributed by atoms with Gasteiger partial charge < -0.3 is 19.5 Å². The number of anilines is 1. The van der Waals surface area contributed by atoms with E-state index in [0.717, 1.165) is 19.4 Å². The highest BCUT2D eigenvalue weighted by Crippen LogP contribution is 2.18. The molecule has 1 fully saturated rings. The minimum absolute atomic E-state index is 0.113. The second-order valence-electron chi connectivity index (χ2n) is 7.11. The maximum Gasteiger partial charge on any atom is 0.338 e. The van der Waals surface area contributed by atoms with Gasteiger partial charge in [0.15, 0.2) is 11.9 Å². The van der Waals surface area contributed by atoms with Crippen LogP contribution in [0.15, 0.2) is 48.5 Å². The van der Waals surface area contributed by atoms with Gasteiger partial charge in [-0.3, -0.25) is 9.59 Å². The van der Waals surface area contributed by atoms with Gasteiger partial charge in [0.2, 0.25) is 0 Å². The first-order valence-corrected chi connectivity index (χ1v) is 9.90. The molecule has 2 unspecified atom stereocenters. The Morgan fingerprint density at radius 2 is 1.87 bits per heavy atom. The summed E-state index contributed by atoms with van der Waals surface area (Å²) in [5.74, 6) is -0.678. The fraction of sp³-hybridized carbons (Fsp3) is 0.348. The molecule has 7 nitrogen and oxygen atoms in total. The third-order valence-electron chi connectivity index (χ3n) is 4.77. The molecular weight excluding hydrogens is 386 g/mol. The number of carbonyl (C=O) groups excluding carboxylic acids is 3. The Hall–Kier alpha value is -3.19. The van der Waals surface area contributed by atoms with E-state index in [1.165, 1.54) is 13.8 Å². The zero-order valence-electron chi connectivity index (χ0n) is 17.1. The monoisotopic (exact) mass is 411 g/mol. The number of amides is 1. The van der Waals surface area contributed by atoms with Crippen molar-refractivity contribution in [2.75, 3.05) is 18.5 Å². The van der Waals surface area contributed by atoms with Crippen LogP contribution in [0.5, 0.6) is 5.75 Å². The van der Waals surface area contributed by atoms with Crippen LogP contribution in [0.3, 0.4) is 0 Å². The molecule has 3 rings (SSSR count). The van der Waals surface area contributed by atoms with E-state index in [0.29, 0.717) is 29.2 Å². The molecule has 1 N–H and O–H groups in total. The average molecular weight is 411 g/mol. The highest BCUT2D eigenvalue weighted by Gasteiger charge is 2.21. The molecule has 1 aliphatic heterocycles. The summed E-state index contributed by atoms with van der Waals surface area (Å²) in [6.45, 7) is 4.14. The number of hydrogen-bond donors (Lipinski definition) is 1. The van der Waals surface area contributed by atoms with Gasteiger partial charge in [-0.2, -0.15) is 0 Å². The van der Waals surface area contributed by atoms with Crippen LogP contribution in [0.4, 0.5) is 5.69 Å². The van der Waals surface area contributed by atoms with E-state index < -0.39 is 18.0 Å². The molecule has 0 spiro atoms. The largest absolute Gasteiger partial charge is 0.491 e. The number of hydrogen-bond acceptors (Lipinski definition) is 6. The summed E-state index contributed by atoms with van der Waals surface area (Å²) >= 11 is 0. The summed E-state index contributed by atoms with van der Waals surface area (Å²) in [4.78, 5) is 36.4. The molecule has 158 valence electrons. The van der Waals surface area contributed by atoms with Gasteiger partial charge in [0.05, 0.1) is 17.4 Å².